The minimum absolute atomic E-state index is 0.202. The summed E-state index contributed by atoms with van der Waals surface area (Å²) in [6.45, 7) is 2.70. The van der Waals surface area contributed by atoms with Crippen molar-refractivity contribution in [2.24, 2.45) is 0 Å². The lowest BCUT2D eigenvalue weighted by Gasteiger charge is -2.04. The Morgan fingerprint density at radius 1 is 1.41 bits per heavy atom. The topological polar surface area (TPSA) is 74.7 Å². The lowest BCUT2D eigenvalue weighted by Crippen LogP contribution is -2.27. The molecule has 5 nitrogen and oxygen atoms in total. The SMILES string of the molecule is CCOCOc1ccc2oc(B(O)[OH2+])cc2c1. The van der Waals surface area contributed by atoms with E-state index in [2.05, 4.69) is 0 Å². The molecule has 0 saturated carbocycles. The van der Waals surface area contributed by atoms with Crippen LogP contribution in [0.2, 0.25) is 0 Å². The van der Waals surface area contributed by atoms with Gasteiger partial charge in [-0.25, -0.2) is 0 Å². The lowest BCUT2D eigenvalue weighted by molar-refractivity contribution is 0.0225. The van der Waals surface area contributed by atoms with Crippen LogP contribution in [0.3, 0.4) is 0 Å². The molecule has 0 saturated heterocycles. The van der Waals surface area contributed by atoms with Gasteiger partial charge in [-0.1, -0.05) is 0 Å². The lowest BCUT2D eigenvalue weighted by atomic mass is 9.88. The first-order valence-electron chi connectivity index (χ1n) is 5.34. The van der Waals surface area contributed by atoms with Gasteiger partial charge in [0.1, 0.15) is 11.3 Å². The van der Waals surface area contributed by atoms with Crippen LogP contribution >= 0.6 is 0 Å². The predicted molar refractivity (Wildman–Crippen MR) is 64.6 cm³/mol. The number of rotatable bonds is 5. The van der Waals surface area contributed by atoms with E-state index in [1.54, 1.807) is 24.3 Å². The van der Waals surface area contributed by atoms with E-state index in [1.807, 2.05) is 6.92 Å². The van der Waals surface area contributed by atoms with Crippen LogP contribution in [0.15, 0.2) is 28.7 Å². The van der Waals surface area contributed by atoms with E-state index >= 15 is 0 Å². The van der Waals surface area contributed by atoms with Gasteiger partial charge in [0.25, 0.3) is 0 Å². The van der Waals surface area contributed by atoms with Crippen LogP contribution in [-0.2, 0) is 4.74 Å². The van der Waals surface area contributed by atoms with Gasteiger partial charge >= 0.3 is 7.12 Å². The van der Waals surface area contributed by atoms with E-state index in [4.69, 9.17) is 23.9 Å². The zero-order valence-electron chi connectivity index (χ0n) is 9.47. The van der Waals surface area contributed by atoms with Crippen LogP contribution in [0.25, 0.3) is 11.0 Å². The molecule has 3 N–H and O–H groups in total. The Kier molecular flexibility index (Phi) is 3.68. The van der Waals surface area contributed by atoms with Crippen molar-refractivity contribution in [2.45, 2.75) is 6.92 Å². The molecule has 90 valence electrons. The molecule has 0 bridgehead atoms. The molecule has 0 amide bonds. The molecule has 17 heavy (non-hydrogen) atoms. The highest BCUT2D eigenvalue weighted by molar-refractivity contribution is 6.57. The Morgan fingerprint density at radius 2 is 2.24 bits per heavy atom. The fourth-order valence-corrected chi connectivity index (χ4v) is 1.46. The Morgan fingerprint density at radius 3 is 2.94 bits per heavy atom. The maximum Gasteiger partial charge on any atom is 0.765 e. The number of benzene rings is 1. The molecule has 1 heterocycles. The zero-order chi connectivity index (χ0) is 12.3. The van der Waals surface area contributed by atoms with Gasteiger partial charge in [-0.05, 0) is 31.2 Å². The number of hydrogen-bond donors (Lipinski definition) is 1. The average Bonchev–Trinajstić information content (AvgIpc) is 2.72. The van der Waals surface area contributed by atoms with E-state index in [-0.39, 0.29) is 12.5 Å². The van der Waals surface area contributed by atoms with E-state index in [1.165, 1.54) is 0 Å². The third-order valence-corrected chi connectivity index (χ3v) is 2.29. The zero-order valence-corrected chi connectivity index (χ0v) is 9.47. The van der Waals surface area contributed by atoms with Gasteiger partial charge < -0.3 is 23.9 Å². The predicted octanol–water partition coefficient (Wildman–Crippen LogP) is 0.218. The molecular weight excluding hydrogens is 223 g/mol. The quantitative estimate of drug-likeness (QED) is 0.349. The van der Waals surface area contributed by atoms with Crippen molar-refractivity contribution >= 4 is 23.7 Å². The molecule has 0 spiro atoms. The molecule has 0 fully saturated rings. The minimum atomic E-state index is -1.35. The molecule has 0 aliphatic rings. The summed E-state index contributed by atoms with van der Waals surface area (Å²) in [5, 5.41) is 17.0. The number of fused-ring (bicyclic) bond motifs is 1. The van der Waals surface area contributed by atoms with Crippen molar-refractivity contribution in [1.82, 2.24) is 0 Å². The summed E-state index contributed by atoms with van der Waals surface area (Å²) in [6, 6.07) is 6.90. The molecule has 2 aromatic rings. The molecule has 6 heteroatoms. The molecular formula is C11H14BO5+. The summed E-state index contributed by atoms with van der Waals surface area (Å²) in [4.78, 5) is 0. The Bertz CT molecular complexity index is 494. The summed E-state index contributed by atoms with van der Waals surface area (Å²) in [7, 11) is -1.35. The van der Waals surface area contributed by atoms with E-state index < -0.39 is 7.12 Å². The van der Waals surface area contributed by atoms with Crippen molar-refractivity contribution < 1.29 is 23.9 Å². The molecule has 0 aliphatic heterocycles. The van der Waals surface area contributed by atoms with E-state index in [0.717, 1.165) is 5.39 Å². The van der Waals surface area contributed by atoms with Gasteiger partial charge in [-0.3, -0.25) is 0 Å². The fraction of sp³-hybridized carbons (Fsp3) is 0.273. The number of furan rings is 1. The molecule has 0 radical (unpaired) electrons. The summed E-state index contributed by atoms with van der Waals surface area (Å²) >= 11 is 0. The second kappa shape index (κ2) is 5.22. The molecule has 2 rings (SSSR count). The van der Waals surface area contributed by atoms with Crippen LogP contribution in [0, 0.1) is 0 Å². The Hall–Kier alpha value is -1.50. The van der Waals surface area contributed by atoms with Gasteiger partial charge in [-0.2, -0.15) is 0 Å². The van der Waals surface area contributed by atoms with Crippen LogP contribution in [-0.4, -0.2) is 30.6 Å². The van der Waals surface area contributed by atoms with Crippen molar-refractivity contribution in [1.29, 1.82) is 0 Å². The molecule has 1 aromatic carbocycles. The standard InChI is InChI=1S/C11H13BO5/c1-2-15-7-16-9-3-4-10-8(5-9)6-11(17-10)12(13)14/h3-6,13-14H,2,7H2,1H3/p+1. The summed E-state index contributed by atoms with van der Waals surface area (Å²) in [6.07, 6.45) is 0. The highest BCUT2D eigenvalue weighted by Crippen LogP contribution is 2.20. The summed E-state index contributed by atoms with van der Waals surface area (Å²) in [5.41, 5.74) is 0.844. The van der Waals surface area contributed by atoms with E-state index in [0.29, 0.717) is 17.9 Å². The smallest absolute Gasteiger partial charge is 0.520 e. The Balaban J connectivity index is 2.18. The normalized spacial score (nSPS) is 10.8. The third kappa shape index (κ3) is 2.79. The monoisotopic (exact) mass is 237 g/mol. The van der Waals surface area contributed by atoms with Crippen molar-refractivity contribution in [3.8, 4) is 5.75 Å². The van der Waals surface area contributed by atoms with Crippen molar-refractivity contribution in [2.75, 3.05) is 13.4 Å². The Labute approximate surface area is 98.7 Å². The van der Waals surface area contributed by atoms with Crippen LogP contribution in [0.5, 0.6) is 5.75 Å². The first-order valence-corrected chi connectivity index (χ1v) is 5.34. The molecule has 1 aromatic heterocycles. The van der Waals surface area contributed by atoms with Gasteiger partial charge in [-0.15, -0.1) is 0 Å². The van der Waals surface area contributed by atoms with E-state index in [9.17, 15) is 0 Å². The third-order valence-electron chi connectivity index (χ3n) is 2.29. The minimum Gasteiger partial charge on any atom is -0.520 e. The van der Waals surface area contributed by atoms with Crippen molar-refractivity contribution in [3.05, 3.63) is 24.3 Å². The summed E-state index contributed by atoms with van der Waals surface area (Å²) < 4.78 is 15.7. The first kappa shape index (κ1) is 12.0. The summed E-state index contributed by atoms with van der Waals surface area (Å²) in [5.74, 6) is 0.665. The largest absolute Gasteiger partial charge is 0.765 e. The number of ether oxygens (including phenoxy) is 2. The van der Waals surface area contributed by atoms with Crippen molar-refractivity contribution in [3.63, 3.8) is 0 Å². The van der Waals surface area contributed by atoms with Crippen LogP contribution in [0.1, 0.15) is 6.92 Å². The fourth-order valence-electron chi connectivity index (χ4n) is 1.46. The second-order valence-electron chi connectivity index (χ2n) is 3.51. The highest BCUT2D eigenvalue weighted by Gasteiger charge is 2.27. The molecule has 0 aliphatic carbocycles. The maximum absolute atomic E-state index is 9.09. The number of hydrogen-bond acceptors (Lipinski definition) is 4. The van der Waals surface area contributed by atoms with Gasteiger partial charge in [0.15, 0.2) is 6.79 Å². The molecule has 0 unspecified atom stereocenters. The second-order valence-corrected chi connectivity index (χ2v) is 3.51. The maximum atomic E-state index is 9.09. The van der Waals surface area contributed by atoms with Gasteiger partial charge in [0.2, 0.25) is 5.66 Å². The average molecular weight is 237 g/mol. The molecule has 0 atom stereocenters. The first-order chi connectivity index (χ1) is 8.20. The van der Waals surface area contributed by atoms with Crippen LogP contribution in [0.4, 0.5) is 0 Å². The van der Waals surface area contributed by atoms with Gasteiger partial charge in [0.05, 0.1) is 0 Å². The van der Waals surface area contributed by atoms with Gasteiger partial charge in [0, 0.05) is 12.0 Å². The highest BCUT2D eigenvalue weighted by atomic mass is 16.7. The van der Waals surface area contributed by atoms with Crippen LogP contribution < -0.4 is 10.4 Å².